The summed E-state index contributed by atoms with van der Waals surface area (Å²) in [6.45, 7) is 4.38. The SMILES string of the molecule is CCOC(=O)[C@H]1C[C@@H]1c1ccc2c(c1)CCNC2. The number of esters is 1. The summed E-state index contributed by atoms with van der Waals surface area (Å²) in [6.07, 6.45) is 2.05. The third kappa shape index (κ3) is 2.15. The van der Waals surface area contributed by atoms with Crippen molar-refractivity contribution in [1.82, 2.24) is 5.32 Å². The molecule has 1 N–H and O–H groups in total. The molecule has 0 amide bonds. The Morgan fingerprint density at radius 3 is 3.17 bits per heavy atom. The number of benzene rings is 1. The molecule has 96 valence electrons. The summed E-state index contributed by atoms with van der Waals surface area (Å²) in [7, 11) is 0. The molecule has 0 unspecified atom stereocenters. The molecule has 1 fully saturated rings. The molecule has 0 aromatic heterocycles. The fourth-order valence-corrected chi connectivity index (χ4v) is 2.80. The van der Waals surface area contributed by atoms with Crippen LogP contribution in [0.1, 0.15) is 36.0 Å². The second kappa shape index (κ2) is 4.73. The van der Waals surface area contributed by atoms with Crippen molar-refractivity contribution < 1.29 is 9.53 Å². The number of fused-ring (bicyclic) bond motifs is 1. The first-order valence-corrected chi connectivity index (χ1v) is 6.78. The van der Waals surface area contributed by atoms with Crippen LogP contribution in [0.5, 0.6) is 0 Å². The van der Waals surface area contributed by atoms with Crippen LogP contribution in [0.3, 0.4) is 0 Å². The van der Waals surface area contributed by atoms with Gasteiger partial charge in [0.2, 0.25) is 0 Å². The van der Waals surface area contributed by atoms with Crippen molar-refractivity contribution in [3.8, 4) is 0 Å². The van der Waals surface area contributed by atoms with Crippen molar-refractivity contribution >= 4 is 5.97 Å². The van der Waals surface area contributed by atoms with Gasteiger partial charge >= 0.3 is 5.97 Å². The average molecular weight is 245 g/mol. The zero-order valence-electron chi connectivity index (χ0n) is 10.7. The van der Waals surface area contributed by atoms with Crippen LogP contribution in [0.25, 0.3) is 0 Å². The summed E-state index contributed by atoms with van der Waals surface area (Å²) in [5, 5.41) is 3.37. The van der Waals surface area contributed by atoms with Crippen LogP contribution < -0.4 is 5.32 Å². The molecule has 0 bridgehead atoms. The van der Waals surface area contributed by atoms with E-state index in [-0.39, 0.29) is 11.9 Å². The first-order valence-electron chi connectivity index (χ1n) is 6.78. The second-order valence-corrected chi connectivity index (χ2v) is 5.16. The van der Waals surface area contributed by atoms with Crippen molar-refractivity contribution in [2.24, 2.45) is 5.92 Å². The monoisotopic (exact) mass is 245 g/mol. The maximum absolute atomic E-state index is 11.6. The van der Waals surface area contributed by atoms with Crippen LogP contribution in [0.15, 0.2) is 18.2 Å². The van der Waals surface area contributed by atoms with Crippen LogP contribution in [-0.2, 0) is 22.5 Å². The summed E-state index contributed by atoms with van der Waals surface area (Å²) in [4.78, 5) is 11.6. The summed E-state index contributed by atoms with van der Waals surface area (Å²) in [5.41, 5.74) is 4.16. The van der Waals surface area contributed by atoms with Gasteiger partial charge in [-0.1, -0.05) is 18.2 Å². The number of carbonyl (C=O) groups excluding carboxylic acids is 1. The minimum Gasteiger partial charge on any atom is -0.466 e. The minimum absolute atomic E-state index is 0.0260. The summed E-state index contributed by atoms with van der Waals surface area (Å²) in [5.74, 6) is 0.468. The molecule has 1 aromatic carbocycles. The Bertz CT molecular complexity index is 470. The van der Waals surface area contributed by atoms with E-state index in [1.165, 1.54) is 16.7 Å². The van der Waals surface area contributed by atoms with E-state index in [1.54, 1.807) is 0 Å². The predicted molar refractivity (Wildman–Crippen MR) is 69.3 cm³/mol. The summed E-state index contributed by atoms with van der Waals surface area (Å²) >= 11 is 0. The number of carbonyl (C=O) groups is 1. The average Bonchev–Trinajstić information content (AvgIpc) is 3.19. The van der Waals surface area contributed by atoms with Crippen molar-refractivity contribution in [1.29, 1.82) is 0 Å². The number of nitrogens with one attached hydrogen (secondary N) is 1. The van der Waals surface area contributed by atoms with Crippen LogP contribution >= 0.6 is 0 Å². The highest BCUT2D eigenvalue weighted by Gasteiger charge is 2.45. The molecule has 2 atom stereocenters. The molecule has 1 saturated carbocycles. The first kappa shape index (κ1) is 11.7. The first-order chi connectivity index (χ1) is 8.79. The molecule has 2 aliphatic rings. The smallest absolute Gasteiger partial charge is 0.309 e. The Labute approximate surface area is 108 Å². The van der Waals surface area contributed by atoms with Crippen molar-refractivity contribution in [3.05, 3.63) is 34.9 Å². The van der Waals surface area contributed by atoms with Gasteiger partial charge in [0, 0.05) is 6.54 Å². The lowest BCUT2D eigenvalue weighted by Crippen LogP contribution is -2.23. The third-order valence-electron chi connectivity index (χ3n) is 3.92. The fourth-order valence-electron chi connectivity index (χ4n) is 2.80. The van der Waals surface area contributed by atoms with E-state index in [2.05, 4.69) is 23.5 Å². The van der Waals surface area contributed by atoms with E-state index >= 15 is 0 Å². The Morgan fingerprint density at radius 1 is 1.44 bits per heavy atom. The van der Waals surface area contributed by atoms with Gasteiger partial charge < -0.3 is 10.1 Å². The third-order valence-corrected chi connectivity index (χ3v) is 3.92. The normalized spacial score (nSPS) is 25.4. The van der Waals surface area contributed by atoms with Gasteiger partial charge in [0.1, 0.15) is 0 Å². The van der Waals surface area contributed by atoms with E-state index in [0.717, 1.165) is 25.9 Å². The Kier molecular flexibility index (Phi) is 3.08. The zero-order valence-corrected chi connectivity index (χ0v) is 10.7. The Morgan fingerprint density at radius 2 is 2.33 bits per heavy atom. The quantitative estimate of drug-likeness (QED) is 0.828. The molecule has 3 heteroatoms. The van der Waals surface area contributed by atoms with Crippen LogP contribution in [-0.4, -0.2) is 19.1 Å². The maximum atomic E-state index is 11.6. The molecule has 18 heavy (non-hydrogen) atoms. The molecular formula is C15H19NO2. The van der Waals surface area contributed by atoms with Crippen LogP contribution in [0.2, 0.25) is 0 Å². The molecule has 1 heterocycles. The van der Waals surface area contributed by atoms with Gasteiger partial charge in [-0.05, 0) is 48.9 Å². The maximum Gasteiger partial charge on any atom is 0.309 e. The van der Waals surface area contributed by atoms with Gasteiger partial charge in [0.15, 0.2) is 0 Å². The summed E-state index contributed by atoms with van der Waals surface area (Å²) in [6, 6.07) is 6.67. The van der Waals surface area contributed by atoms with Gasteiger partial charge in [-0.25, -0.2) is 0 Å². The largest absolute Gasteiger partial charge is 0.466 e. The van der Waals surface area contributed by atoms with Gasteiger partial charge in [0.05, 0.1) is 12.5 Å². The highest BCUT2D eigenvalue weighted by molar-refractivity contribution is 5.77. The lowest BCUT2D eigenvalue weighted by Gasteiger charge is -2.17. The molecule has 3 rings (SSSR count). The van der Waals surface area contributed by atoms with Crippen molar-refractivity contribution in [3.63, 3.8) is 0 Å². The highest BCUT2D eigenvalue weighted by Crippen LogP contribution is 2.48. The molecular weight excluding hydrogens is 226 g/mol. The number of hydrogen-bond acceptors (Lipinski definition) is 3. The standard InChI is InChI=1S/C15H19NO2/c1-2-18-15(17)14-8-13(14)11-3-4-12-9-16-6-5-10(12)7-11/h3-4,7,13-14,16H,2,5-6,8-9H2,1H3/t13-,14+/m1/s1. The van der Waals surface area contributed by atoms with Crippen LogP contribution in [0.4, 0.5) is 0 Å². The summed E-state index contributed by atoms with van der Waals surface area (Å²) < 4.78 is 5.08. The number of rotatable bonds is 3. The van der Waals surface area contributed by atoms with Gasteiger partial charge in [0.25, 0.3) is 0 Å². The predicted octanol–water partition coefficient (Wildman–Crippen LogP) is 2.00. The van der Waals surface area contributed by atoms with Gasteiger partial charge in [-0.2, -0.15) is 0 Å². The number of ether oxygens (including phenoxy) is 1. The van der Waals surface area contributed by atoms with Gasteiger partial charge in [-0.3, -0.25) is 4.79 Å². The molecule has 0 saturated heterocycles. The Hall–Kier alpha value is -1.35. The molecule has 0 radical (unpaired) electrons. The van der Waals surface area contributed by atoms with Crippen molar-refractivity contribution in [2.45, 2.75) is 32.2 Å². The van der Waals surface area contributed by atoms with E-state index in [0.29, 0.717) is 12.5 Å². The van der Waals surface area contributed by atoms with Crippen molar-refractivity contribution in [2.75, 3.05) is 13.2 Å². The molecule has 1 aromatic rings. The van der Waals surface area contributed by atoms with Gasteiger partial charge in [-0.15, -0.1) is 0 Å². The molecule has 0 spiro atoms. The topological polar surface area (TPSA) is 38.3 Å². The lowest BCUT2D eigenvalue weighted by atomic mass is 9.96. The number of hydrogen-bond donors (Lipinski definition) is 1. The zero-order chi connectivity index (χ0) is 12.5. The van der Waals surface area contributed by atoms with E-state index < -0.39 is 0 Å². The van der Waals surface area contributed by atoms with Crippen LogP contribution in [0, 0.1) is 5.92 Å². The fraction of sp³-hybridized carbons (Fsp3) is 0.533. The second-order valence-electron chi connectivity index (χ2n) is 5.16. The van der Waals surface area contributed by atoms with E-state index in [4.69, 9.17) is 4.74 Å². The lowest BCUT2D eigenvalue weighted by molar-refractivity contribution is -0.144. The molecule has 1 aliphatic heterocycles. The van der Waals surface area contributed by atoms with E-state index in [1.807, 2.05) is 6.92 Å². The Balaban J connectivity index is 1.73. The van der Waals surface area contributed by atoms with E-state index in [9.17, 15) is 4.79 Å². The minimum atomic E-state index is -0.0260. The highest BCUT2D eigenvalue weighted by atomic mass is 16.5. The molecule has 3 nitrogen and oxygen atoms in total. The molecule has 1 aliphatic carbocycles.